The van der Waals surface area contributed by atoms with Crippen LogP contribution in [0.4, 0.5) is 11.6 Å². The number of rotatable bonds is 4. The maximum atomic E-state index is 10.5. The fourth-order valence-corrected chi connectivity index (χ4v) is 1.51. The number of aliphatic carboxylic acids is 1. The van der Waals surface area contributed by atoms with E-state index >= 15 is 0 Å². The third-order valence-electron chi connectivity index (χ3n) is 1.42. The second kappa shape index (κ2) is 4.65. The topological polar surface area (TPSA) is 115 Å². The van der Waals surface area contributed by atoms with Crippen LogP contribution in [0.2, 0.25) is 0 Å². The van der Waals surface area contributed by atoms with Crippen LogP contribution < -0.4 is 11.5 Å². The van der Waals surface area contributed by atoms with Gasteiger partial charge in [-0.2, -0.15) is 0 Å². The molecule has 80 valence electrons. The molecule has 1 rings (SSSR count). The molecule has 0 aliphatic heterocycles. The maximum Gasteiger partial charge on any atom is 0.331 e. The van der Waals surface area contributed by atoms with E-state index in [9.17, 15) is 4.79 Å². The first-order valence-corrected chi connectivity index (χ1v) is 4.91. The Morgan fingerprint density at radius 2 is 2.00 bits per heavy atom. The van der Waals surface area contributed by atoms with Crippen molar-refractivity contribution in [3.05, 3.63) is 18.2 Å². The molecule has 1 heterocycles. The van der Waals surface area contributed by atoms with Gasteiger partial charge in [0.25, 0.3) is 0 Å². The third kappa shape index (κ3) is 3.47. The lowest BCUT2D eigenvalue weighted by atomic mass is 10.4. The molecule has 0 unspecified atom stereocenters. The number of hydrogen-bond donors (Lipinski definition) is 3. The zero-order valence-electron chi connectivity index (χ0n) is 7.80. The van der Waals surface area contributed by atoms with E-state index in [0.717, 1.165) is 11.8 Å². The molecular weight excluding hydrogens is 216 g/mol. The fraction of sp³-hybridized carbons (Fsp3) is 0.125. The Kier molecular flexibility index (Phi) is 3.51. The number of carbonyl (C=O) groups is 1. The van der Waals surface area contributed by atoms with Gasteiger partial charge in [-0.25, -0.2) is 14.8 Å². The highest BCUT2D eigenvalue weighted by atomic mass is 32.2. The van der Waals surface area contributed by atoms with Gasteiger partial charge in [0.2, 0.25) is 0 Å². The zero-order chi connectivity index (χ0) is 11.4. The van der Waals surface area contributed by atoms with Crippen LogP contribution in [0.1, 0.15) is 0 Å². The maximum absolute atomic E-state index is 10.5. The summed E-state index contributed by atoms with van der Waals surface area (Å²) in [5.41, 5.74) is 11.0. The molecule has 0 fully saturated rings. The van der Waals surface area contributed by atoms with Crippen molar-refractivity contribution < 1.29 is 9.90 Å². The van der Waals surface area contributed by atoms with Crippen molar-refractivity contribution in [1.82, 2.24) is 9.97 Å². The molecule has 5 N–H and O–H groups in total. The second-order valence-electron chi connectivity index (χ2n) is 2.70. The Morgan fingerprint density at radius 3 is 2.47 bits per heavy atom. The van der Waals surface area contributed by atoms with Crippen LogP contribution >= 0.6 is 11.8 Å². The summed E-state index contributed by atoms with van der Waals surface area (Å²) in [4.78, 5) is 18.2. The van der Waals surface area contributed by atoms with E-state index in [4.69, 9.17) is 16.6 Å². The van der Waals surface area contributed by atoms with E-state index in [1.807, 2.05) is 0 Å². The van der Waals surface area contributed by atoms with Crippen LogP contribution in [0.3, 0.4) is 0 Å². The van der Waals surface area contributed by atoms with E-state index in [1.165, 1.54) is 6.07 Å². The van der Waals surface area contributed by atoms with Gasteiger partial charge in [-0.3, -0.25) is 0 Å². The number of anilines is 2. The number of thioether (sulfide) groups is 1. The summed E-state index contributed by atoms with van der Waals surface area (Å²) in [5, 5.41) is 8.91. The largest absolute Gasteiger partial charge is 0.478 e. The smallest absolute Gasteiger partial charge is 0.331 e. The number of nitrogen functional groups attached to an aromatic ring is 2. The van der Waals surface area contributed by atoms with E-state index in [-0.39, 0.29) is 23.0 Å². The molecule has 1 aromatic heterocycles. The predicted molar refractivity (Wildman–Crippen MR) is 58.4 cm³/mol. The Hall–Kier alpha value is -1.76. The van der Waals surface area contributed by atoms with E-state index in [0.29, 0.717) is 5.16 Å². The lowest BCUT2D eigenvalue weighted by Crippen LogP contribution is -2.03. The number of nitrogens with two attached hydrogens (primary N) is 2. The molecule has 0 spiro atoms. The van der Waals surface area contributed by atoms with Crippen molar-refractivity contribution >= 4 is 29.4 Å². The Balaban J connectivity index is 2.65. The van der Waals surface area contributed by atoms with Crippen molar-refractivity contribution in [2.45, 2.75) is 5.16 Å². The van der Waals surface area contributed by atoms with Crippen molar-refractivity contribution in [3.8, 4) is 0 Å². The van der Waals surface area contributed by atoms with Gasteiger partial charge in [0.1, 0.15) is 11.6 Å². The van der Waals surface area contributed by atoms with Crippen LogP contribution in [-0.4, -0.2) is 26.8 Å². The van der Waals surface area contributed by atoms with E-state index < -0.39 is 5.97 Å². The van der Waals surface area contributed by atoms with Crippen molar-refractivity contribution in [2.75, 3.05) is 17.2 Å². The molecule has 1 aromatic rings. The van der Waals surface area contributed by atoms with Crippen molar-refractivity contribution in [1.29, 1.82) is 0 Å². The average molecular weight is 226 g/mol. The third-order valence-corrected chi connectivity index (χ3v) is 2.36. The number of aromatic nitrogens is 2. The summed E-state index contributed by atoms with van der Waals surface area (Å²) in [5.74, 6) is -0.339. The summed E-state index contributed by atoms with van der Waals surface area (Å²) >= 11 is 1.12. The van der Waals surface area contributed by atoms with Gasteiger partial charge < -0.3 is 16.6 Å². The normalized spacial score (nSPS) is 9.87. The van der Waals surface area contributed by atoms with E-state index in [1.54, 1.807) is 0 Å². The van der Waals surface area contributed by atoms with Gasteiger partial charge in [-0.1, -0.05) is 18.3 Å². The summed E-state index contributed by atoms with van der Waals surface area (Å²) in [6, 6.07) is 1.43. The molecule has 0 amide bonds. The minimum absolute atomic E-state index is 0.0737. The number of carboxylic acids is 1. The van der Waals surface area contributed by atoms with Gasteiger partial charge in [-0.05, 0) is 0 Å². The second-order valence-corrected chi connectivity index (χ2v) is 3.64. The lowest BCUT2D eigenvalue weighted by molar-refractivity contribution is -0.132. The monoisotopic (exact) mass is 226 g/mol. The van der Waals surface area contributed by atoms with Gasteiger partial charge in [0, 0.05) is 17.4 Å². The number of carboxylic acid groups (broad SMARTS) is 1. The lowest BCUT2D eigenvalue weighted by Gasteiger charge is -2.02. The van der Waals surface area contributed by atoms with Crippen molar-refractivity contribution in [3.63, 3.8) is 0 Å². The Bertz CT molecular complexity index is 387. The highest BCUT2D eigenvalue weighted by Crippen LogP contribution is 2.18. The molecule has 0 radical (unpaired) electrons. The molecular formula is C8H10N4O2S. The molecule has 0 aromatic carbocycles. The standard InChI is InChI=1S/C8H10N4O2S/c1-4(7(13)14)3-15-8-11-5(9)2-6(10)12-8/h2H,1,3H2,(H,13,14)(H4,9,10,11,12). The summed E-state index contributed by atoms with van der Waals surface area (Å²) in [6.07, 6.45) is 0. The SMILES string of the molecule is C=C(CSc1nc(N)cc(N)n1)C(=O)O. The Labute approximate surface area is 90.4 Å². The molecule has 15 heavy (non-hydrogen) atoms. The van der Waals surface area contributed by atoms with Gasteiger partial charge in [-0.15, -0.1) is 0 Å². The summed E-state index contributed by atoms with van der Waals surface area (Å²) in [6.45, 7) is 3.38. The molecule has 7 heteroatoms. The van der Waals surface area contributed by atoms with E-state index in [2.05, 4.69) is 16.5 Å². The highest BCUT2D eigenvalue weighted by molar-refractivity contribution is 7.99. The zero-order valence-corrected chi connectivity index (χ0v) is 8.62. The van der Waals surface area contributed by atoms with Gasteiger partial charge in [0.15, 0.2) is 5.16 Å². The van der Waals surface area contributed by atoms with Crippen LogP contribution in [0, 0.1) is 0 Å². The fourth-order valence-electron chi connectivity index (χ4n) is 0.740. The molecule has 0 saturated carbocycles. The predicted octanol–water partition coefficient (Wildman–Crippen LogP) is 0.374. The highest BCUT2D eigenvalue weighted by Gasteiger charge is 2.07. The first kappa shape index (κ1) is 11.3. The van der Waals surface area contributed by atoms with Crippen LogP contribution in [-0.2, 0) is 4.79 Å². The molecule has 0 atom stereocenters. The number of hydrogen-bond acceptors (Lipinski definition) is 6. The van der Waals surface area contributed by atoms with Crippen LogP contribution in [0.5, 0.6) is 0 Å². The van der Waals surface area contributed by atoms with Crippen LogP contribution in [0.25, 0.3) is 0 Å². The number of nitrogens with zero attached hydrogens (tertiary/aromatic N) is 2. The molecule has 0 saturated heterocycles. The minimum Gasteiger partial charge on any atom is -0.478 e. The summed E-state index contributed by atoms with van der Waals surface area (Å²) in [7, 11) is 0. The average Bonchev–Trinajstić information content (AvgIpc) is 2.12. The quantitative estimate of drug-likeness (QED) is 0.386. The Morgan fingerprint density at radius 1 is 1.47 bits per heavy atom. The van der Waals surface area contributed by atoms with Gasteiger partial charge in [0.05, 0.1) is 0 Å². The minimum atomic E-state index is -1.04. The first-order chi connectivity index (χ1) is 6.99. The van der Waals surface area contributed by atoms with Crippen molar-refractivity contribution in [2.24, 2.45) is 0 Å². The molecule has 0 aliphatic rings. The molecule has 6 nitrogen and oxygen atoms in total. The molecule has 0 aliphatic carbocycles. The van der Waals surface area contributed by atoms with Gasteiger partial charge >= 0.3 is 5.97 Å². The van der Waals surface area contributed by atoms with Crippen LogP contribution in [0.15, 0.2) is 23.4 Å². The summed E-state index contributed by atoms with van der Waals surface area (Å²) < 4.78 is 0. The molecule has 0 bridgehead atoms. The first-order valence-electron chi connectivity index (χ1n) is 3.93.